The van der Waals surface area contributed by atoms with Crippen LogP contribution in [-0.4, -0.2) is 53.3 Å². The molecule has 0 bridgehead atoms. The van der Waals surface area contributed by atoms with E-state index in [0.717, 1.165) is 34.1 Å². The molecule has 3 heterocycles. The second-order valence-electron chi connectivity index (χ2n) is 7.30. The molecule has 0 radical (unpaired) electrons. The normalized spacial score (nSPS) is 15.8. The Morgan fingerprint density at radius 3 is 2.77 bits per heavy atom. The van der Waals surface area contributed by atoms with Gasteiger partial charge in [-0.3, -0.25) is 9.69 Å². The lowest BCUT2D eigenvalue weighted by molar-refractivity contribution is -0.118. The molecule has 0 aliphatic carbocycles. The molecular formula is C22H26N4O2S2. The number of carbonyl (C=O) groups excluding carboxylic acids is 1. The second kappa shape index (κ2) is 10.2. The van der Waals surface area contributed by atoms with Crippen LogP contribution in [0.5, 0.6) is 5.75 Å². The Labute approximate surface area is 185 Å². The summed E-state index contributed by atoms with van der Waals surface area (Å²) in [5.74, 6) is 1.22. The molecule has 6 nitrogen and oxygen atoms in total. The van der Waals surface area contributed by atoms with Crippen molar-refractivity contribution >= 4 is 39.2 Å². The monoisotopic (exact) mass is 442 g/mol. The van der Waals surface area contributed by atoms with Crippen molar-refractivity contribution in [1.29, 1.82) is 0 Å². The van der Waals surface area contributed by atoms with Gasteiger partial charge in [0, 0.05) is 11.9 Å². The fourth-order valence-electron chi connectivity index (χ4n) is 3.79. The average Bonchev–Trinajstić information content (AvgIpc) is 3.28. The Kier molecular flexibility index (Phi) is 7.20. The summed E-state index contributed by atoms with van der Waals surface area (Å²) in [6.45, 7) is 2.74. The third-order valence-electron chi connectivity index (χ3n) is 5.39. The number of ether oxygens (including phenoxy) is 1. The number of piperidine rings is 1. The molecule has 1 aromatic carbocycles. The van der Waals surface area contributed by atoms with Crippen LogP contribution < -0.4 is 10.1 Å². The molecule has 30 heavy (non-hydrogen) atoms. The van der Waals surface area contributed by atoms with Gasteiger partial charge in [-0.1, -0.05) is 30.3 Å². The highest BCUT2D eigenvalue weighted by Gasteiger charge is 2.23. The van der Waals surface area contributed by atoms with Gasteiger partial charge in [0.05, 0.1) is 18.9 Å². The van der Waals surface area contributed by atoms with Gasteiger partial charge in [0.2, 0.25) is 5.91 Å². The van der Waals surface area contributed by atoms with E-state index < -0.39 is 0 Å². The third-order valence-corrected chi connectivity index (χ3v) is 7.22. The van der Waals surface area contributed by atoms with Gasteiger partial charge < -0.3 is 10.1 Å². The van der Waals surface area contributed by atoms with Gasteiger partial charge in [-0.25, -0.2) is 9.97 Å². The molecule has 1 fully saturated rings. The standard InChI is InChI=1S/C22H26N4O2S2/c1-28-17-7-5-16(6-8-17)19(26-10-3-2-4-11-26)13-23-20(27)14-30-22-18-9-12-29-21(18)24-15-25-22/h5-9,12,15,19H,2-4,10-11,13-14H2,1H3,(H,23,27). The van der Waals surface area contributed by atoms with Gasteiger partial charge in [-0.2, -0.15) is 0 Å². The first kappa shape index (κ1) is 21.1. The van der Waals surface area contributed by atoms with E-state index >= 15 is 0 Å². The van der Waals surface area contributed by atoms with E-state index in [4.69, 9.17) is 4.74 Å². The summed E-state index contributed by atoms with van der Waals surface area (Å²) in [4.78, 5) is 24.6. The highest BCUT2D eigenvalue weighted by molar-refractivity contribution is 8.00. The van der Waals surface area contributed by atoms with Crippen LogP contribution in [0.1, 0.15) is 30.9 Å². The Morgan fingerprint density at radius 1 is 1.20 bits per heavy atom. The van der Waals surface area contributed by atoms with Crippen LogP contribution in [0.15, 0.2) is 47.1 Å². The molecule has 1 atom stereocenters. The summed E-state index contributed by atoms with van der Waals surface area (Å²) in [5, 5.41) is 7.03. The van der Waals surface area contributed by atoms with Crippen LogP contribution in [0.25, 0.3) is 10.2 Å². The van der Waals surface area contributed by atoms with E-state index in [-0.39, 0.29) is 11.9 Å². The van der Waals surface area contributed by atoms with Crippen LogP contribution in [0.2, 0.25) is 0 Å². The van der Waals surface area contributed by atoms with Crippen molar-refractivity contribution in [2.45, 2.75) is 30.3 Å². The molecule has 1 aliphatic rings. The number of carbonyl (C=O) groups is 1. The molecule has 4 rings (SSSR count). The number of hydrogen-bond donors (Lipinski definition) is 1. The van der Waals surface area contributed by atoms with Gasteiger partial charge in [0.25, 0.3) is 0 Å². The van der Waals surface area contributed by atoms with Crippen LogP contribution in [-0.2, 0) is 4.79 Å². The SMILES string of the molecule is COc1ccc(C(CNC(=O)CSc2ncnc3sccc23)N2CCCCC2)cc1. The molecule has 1 N–H and O–H groups in total. The van der Waals surface area contributed by atoms with Gasteiger partial charge in [-0.15, -0.1) is 11.3 Å². The van der Waals surface area contributed by atoms with Crippen molar-refractivity contribution in [2.75, 3.05) is 32.5 Å². The number of nitrogens with one attached hydrogen (secondary N) is 1. The molecule has 1 aliphatic heterocycles. The molecule has 158 valence electrons. The number of fused-ring (bicyclic) bond motifs is 1. The highest BCUT2D eigenvalue weighted by Crippen LogP contribution is 2.28. The fraction of sp³-hybridized carbons (Fsp3) is 0.409. The van der Waals surface area contributed by atoms with Gasteiger partial charge >= 0.3 is 0 Å². The number of aromatic nitrogens is 2. The van der Waals surface area contributed by atoms with Gasteiger partial charge in [0.15, 0.2) is 0 Å². The van der Waals surface area contributed by atoms with Gasteiger partial charge in [0.1, 0.15) is 21.9 Å². The summed E-state index contributed by atoms with van der Waals surface area (Å²) in [6.07, 6.45) is 5.27. The first-order valence-electron chi connectivity index (χ1n) is 10.2. The number of hydrogen-bond acceptors (Lipinski definition) is 7. The quantitative estimate of drug-likeness (QED) is 0.418. The van der Waals surface area contributed by atoms with Crippen LogP contribution in [0, 0.1) is 0 Å². The minimum atomic E-state index is 0.0255. The third kappa shape index (κ3) is 5.11. The molecule has 8 heteroatoms. The zero-order chi connectivity index (χ0) is 20.8. The summed E-state index contributed by atoms with van der Waals surface area (Å²) in [5.41, 5.74) is 1.21. The Morgan fingerprint density at radius 2 is 2.00 bits per heavy atom. The Bertz CT molecular complexity index is 971. The van der Waals surface area contributed by atoms with E-state index in [1.54, 1.807) is 24.8 Å². The minimum Gasteiger partial charge on any atom is -0.497 e. The van der Waals surface area contributed by atoms with E-state index in [1.807, 2.05) is 23.6 Å². The first-order valence-corrected chi connectivity index (χ1v) is 12.1. The predicted octanol–water partition coefficient (Wildman–Crippen LogP) is 4.14. The minimum absolute atomic E-state index is 0.0255. The van der Waals surface area contributed by atoms with Crippen molar-refractivity contribution in [1.82, 2.24) is 20.2 Å². The number of thiophene rings is 1. The Hall–Kier alpha value is -2.16. The maximum atomic E-state index is 12.6. The fourth-order valence-corrected chi connectivity index (χ4v) is 5.40. The number of likely N-dealkylation sites (tertiary alicyclic amines) is 1. The number of methoxy groups -OCH3 is 1. The maximum absolute atomic E-state index is 12.6. The van der Waals surface area contributed by atoms with E-state index in [0.29, 0.717) is 12.3 Å². The molecule has 3 aromatic rings. The lowest BCUT2D eigenvalue weighted by atomic mass is 10.0. The topological polar surface area (TPSA) is 67.3 Å². The van der Waals surface area contributed by atoms with Crippen LogP contribution in [0.3, 0.4) is 0 Å². The number of nitrogens with zero attached hydrogens (tertiary/aromatic N) is 3. The lowest BCUT2D eigenvalue weighted by Gasteiger charge is -2.35. The summed E-state index contributed by atoms with van der Waals surface area (Å²) < 4.78 is 5.30. The summed E-state index contributed by atoms with van der Waals surface area (Å²) >= 11 is 3.05. The average molecular weight is 443 g/mol. The van der Waals surface area contributed by atoms with Gasteiger partial charge in [-0.05, 0) is 55.1 Å². The molecular weight excluding hydrogens is 416 g/mol. The Balaban J connectivity index is 1.38. The molecule has 1 saturated heterocycles. The largest absolute Gasteiger partial charge is 0.497 e. The number of thioether (sulfide) groups is 1. The summed E-state index contributed by atoms with van der Waals surface area (Å²) in [7, 11) is 1.68. The van der Waals surface area contributed by atoms with Crippen LogP contribution in [0.4, 0.5) is 0 Å². The predicted molar refractivity (Wildman–Crippen MR) is 122 cm³/mol. The van der Waals surface area contributed by atoms with Crippen molar-refractivity contribution < 1.29 is 9.53 Å². The molecule has 1 unspecified atom stereocenters. The van der Waals surface area contributed by atoms with E-state index in [2.05, 4.69) is 32.3 Å². The first-order chi connectivity index (χ1) is 14.7. The zero-order valence-electron chi connectivity index (χ0n) is 17.0. The van der Waals surface area contributed by atoms with E-state index in [1.165, 1.54) is 36.6 Å². The summed E-state index contributed by atoms with van der Waals surface area (Å²) in [6, 6.07) is 10.4. The maximum Gasteiger partial charge on any atom is 0.230 e. The van der Waals surface area contributed by atoms with E-state index in [9.17, 15) is 4.79 Å². The van der Waals surface area contributed by atoms with Crippen molar-refractivity contribution in [3.8, 4) is 5.75 Å². The molecule has 1 amide bonds. The highest BCUT2D eigenvalue weighted by atomic mass is 32.2. The number of benzene rings is 1. The van der Waals surface area contributed by atoms with Crippen molar-refractivity contribution in [2.24, 2.45) is 0 Å². The van der Waals surface area contributed by atoms with Crippen molar-refractivity contribution in [3.63, 3.8) is 0 Å². The van der Waals surface area contributed by atoms with Crippen molar-refractivity contribution in [3.05, 3.63) is 47.6 Å². The smallest absolute Gasteiger partial charge is 0.230 e. The van der Waals surface area contributed by atoms with Crippen LogP contribution >= 0.6 is 23.1 Å². The molecule has 2 aromatic heterocycles. The number of rotatable bonds is 8. The molecule has 0 saturated carbocycles. The zero-order valence-corrected chi connectivity index (χ0v) is 18.7. The lowest BCUT2D eigenvalue weighted by Crippen LogP contribution is -2.41. The second-order valence-corrected chi connectivity index (χ2v) is 9.16. The number of amides is 1. The molecule has 0 spiro atoms.